The maximum atomic E-state index is 13.1. The number of nitrogens with zero attached hydrogens (tertiary/aromatic N) is 7. The van der Waals surface area contributed by atoms with Gasteiger partial charge in [-0.05, 0) is 154 Å². The Labute approximate surface area is 690 Å². The van der Waals surface area contributed by atoms with Gasteiger partial charge in [0, 0.05) is 54.5 Å². The van der Waals surface area contributed by atoms with E-state index in [0.29, 0.717) is 58.6 Å². The standard InChI is InChI=1S/C29H26N2O3.C25H18N2O3.C20H19BrN2O3.C8H5BrN2O.CH2O3.Cs/c1-29(2,3)34-28(33)24-15-13-23(14-16-24)20-31-27(32)26-18-22(12-17-25(26)19-30-31)11-7-10-21-8-5-4-6-9-21;28-24-23-15-19(8-4-7-18-5-2-1-3-6-18)9-14-22(23)16-26-27(24)17-20-10-12-21(13-11-20)25(29)30;1-20(2,3)26-19(25)14-6-4-13(5-7-14)12-23-18(24)17-10-16(21)9-8-15(17)11-22-23;9-6-2-1-5-4-10-11-8(12)7(5)3-6;2-1-4-3;/h4-6,8-9,12-19H,10,20H2,1-3H3;1-3,5-6,9-16H,7,17H2,(H,29,30);4-11H,12H2,1-3H3;1-4H,(H,11,12);1,3H;/q;;;;;+1/p-1. The van der Waals surface area contributed by atoms with Crippen LogP contribution in [0, 0.1) is 23.7 Å². The number of nitrogens with one attached hydrogen (secondary N) is 1. The maximum absolute atomic E-state index is 13.1. The Bertz CT molecular complexity index is 5710. The minimum Gasteiger partial charge on any atom is -0.662 e. The average Bonchev–Trinajstić information content (AvgIpc) is 0.811. The third-order valence-electron chi connectivity index (χ3n) is 15.3. The number of hydrogen-bond donors (Lipinski definition) is 2. The topological polar surface area (TPSA) is 290 Å². The van der Waals surface area contributed by atoms with Crippen molar-refractivity contribution in [3.05, 3.63) is 337 Å². The van der Waals surface area contributed by atoms with Gasteiger partial charge in [0.15, 0.2) is 0 Å². The number of halogens is 2. The molecule has 4 heterocycles. The number of ether oxygens (including phenoxy) is 2. The van der Waals surface area contributed by atoms with E-state index < -0.39 is 17.2 Å². The normalized spacial score (nSPS) is 10.6. The van der Waals surface area contributed by atoms with E-state index in [-0.39, 0.29) is 122 Å². The van der Waals surface area contributed by atoms with Gasteiger partial charge in [-0.15, -0.1) is 0 Å². The van der Waals surface area contributed by atoms with Gasteiger partial charge in [-0.1, -0.05) is 177 Å². The van der Waals surface area contributed by atoms with Gasteiger partial charge in [-0.25, -0.2) is 33.5 Å². The fraction of sp³-hybridized carbons (Fsp3) is 0.157. The molecule has 0 aliphatic rings. The molecule has 21 nitrogen and oxygen atoms in total. The maximum Gasteiger partial charge on any atom is 1.00 e. The van der Waals surface area contributed by atoms with E-state index in [4.69, 9.17) is 24.6 Å². The zero-order valence-corrected chi connectivity index (χ0v) is 68.7. The third-order valence-corrected chi connectivity index (χ3v) is 16.3. The Kier molecular flexibility index (Phi) is 30.1. The molecule has 0 radical (unpaired) electrons. The van der Waals surface area contributed by atoms with E-state index >= 15 is 0 Å². The van der Waals surface area contributed by atoms with Gasteiger partial charge in [-0.3, -0.25) is 24.0 Å². The summed E-state index contributed by atoms with van der Waals surface area (Å²) in [6.45, 7) is 11.7. The first-order valence-electron chi connectivity index (χ1n) is 32.8. The number of aromatic amines is 1. The summed E-state index contributed by atoms with van der Waals surface area (Å²) in [7, 11) is 0. The Morgan fingerprint density at radius 2 is 0.804 bits per heavy atom. The molecule has 0 spiro atoms. The summed E-state index contributed by atoms with van der Waals surface area (Å²) < 4.78 is 16.7. The first kappa shape index (κ1) is 82.2. The van der Waals surface area contributed by atoms with Crippen molar-refractivity contribution in [2.24, 2.45) is 0 Å². The van der Waals surface area contributed by atoms with Crippen molar-refractivity contribution in [2.45, 2.75) is 85.2 Å². The number of carboxylic acids is 1. The van der Waals surface area contributed by atoms with Crippen molar-refractivity contribution >= 4 is 99.3 Å². The van der Waals surface area contributed by atoms with E-state index in [9.17, 15) is 33.6 Å². The minimum atomic E-state index is -0.983. The Morgan fingerprint density at radius 3 is 1.16 bits per heavy atom. The number of aromatic carboxylic acids is 1. The zero-order valence-electron chi connectivity index (χ0n) is 59.3. The van der Waals surface area contributed by atoms with E-state index in [0.717, 1.165) is 69.4 Å². The van der Waals surface area contributed by atoms with Gasteiger partial charge < -0.3 is 24.7 Å². The van der Waals surface area contributed by atoms with Crippen molar-refractivity contribution in [3.63, 3.8) is 0 Å². The number of fused-ring (bicyclic) bond motifs is 4. The van der Waals surface area contributed by atoms with Gasteiger partial charge >= 0.3 is 86.8 Å². The summed E-state index contributed by atoms with van der Waals surface area (Å²) in [5.74, 6) is 10.9. The second kappa shape index (κ2) is 39.2. The molecule has 0 saturated carbocycles. The predicted octanol–water partition coefficient (Wildman–Crippen LogP) is 10.0. The van der Waals surface area contributed by atoms with E-state index in [2.05, 4.69) is 85.9 Å². The summed E-state index contributed by atoms with van der Waals surface area (Å²) in [4.78, 5) is 96.3. The average molecular weight is 1680 g/mol. The molecule has 0 unspecified atom stereocenters. The fourth-order valence-corrected chi connectivity index (χ4v) is 10.9. The molecule has 0 amide bonds. The number of hydrogen-bond acceptors (Lipinski definition) is 16. The molecule has 9 aromatic carbocycles. The molecular formula is C83H69Br2CsN8O13. The van der Waals surface area contributed by atoms with E-state index in [1.54, 1.807) is 91.5 Å². The van der Waals surface area contributed by atoms with Crippen LogP contribution >= 0.6 is 31.9 Å². The molecule has 0 fully saturated rings. The van der Waals surface area contributed by atoms with Crippen LogP contribution in [-0.2, 0) is 51.6 Å². The molecule has 13 aromatic rings. The summed E-state index contributed by atoms with van der Waals surface area (Å²) >= 11 is 6.68. The molecule has 2 N–H and O–H groups in total. The summed E-state index contributed by atoms with van der Waals surface area (Å²) in [5, 5.41) is 41.9. The smallest absolute Gasteiger partial charge is 0.662 e. The van der Waals surface area contributed by atoms with Gasteiger partial charge in [-0.2, -0.15) is 20.4 Å². The monoisotopic (exact) mass is 1680 g/mol. The molecule has 0 aliphatic heterocycles. The van der Waals surface area contributed by atoms with Crippen LogP contribution < -0.4 is 96.4 Å². The van der Waals surface area contributed by atoms with Gasteiger partial charge in [0.1, 0.15) is 11.2 Å². The van der Waals surface area contributed by atoms with Crippen LogP contribution in [0.25, 0.3) is 43.1 Å². The van der Waals surface area contributed by atoms with Crippen molar-refractivity contribution in [1.29, 1.82) is 0 Å². The van der Waals surface area contributed by atoms with Crippen LogP contribution in [0.3, 0.4) is 0 Å². The molecule has 24 heteroatoms. The van der Waals surface area contributed by atoms with Crippen molar-refractivity contribution in [2.75, 3.05) is 0 Å². The Morgan fingerprint density at radius 1 is 0.467 bits per heavy atom. The molecule has 0 bridgehead atoms. The van der Waals surface area contributed by atoms with Crippen LogP contribution in [0.4, 0.5) is 0 Å². The van der Waals surface area contributed by atoms with Gasteiger partial charge in [0.05, 0.1) is 82.7 Å². The number of esters is 2. The summed E-state index contributed by atoms with van der Waals surface area (Å²) in [5.41, 5.74) is 5.77. The first-order valence-corrected chi connectivity index (χ1v) is 34.4. The van der Waals surface area contributed by atoms with Crippen LogP contribution in [-0.4, -0.2) is 80.2 Å². The predicted molar refractivity (Wildman–Crippen MR) is 411 cm³/mol. The SMILES string of the molecule is CC(C)(C)OC(=O)c1ccc(Cn2ncc3ccc(Br)cc3c2=O)cc1.CC(C)(C)OC(=O)c1ccc(Cn2ncc3ccc(C#CCc4ccccc4)cc3c2=O)cc1.O=C(O)c1ccc(Cn2ncc3ccc(C#CCc4ccccc4)cc3c2=O)cc1.O=CO[O-].O=c1[nH]ncc2ccc(Br)cc12.[Cs+]. The number of aromatic nitrogens is 8. The van der Waals surface area contributed by atoms with E-state index in [1.807, 2.05) is 169 Å². The van der Waals surface area contributed by atoms with Crippen molar-refractivity contribution in [1.82, 2.24) is 39.5 Å². The summed E-state index contributed by atoms with van der Waals surface area (Å²) in [6, 6.07) is 62.6. The second-order valence-corrected chi connectivity index (χ2v) is 27.4. The number of rotatable bonds is 12. The minimum absolute atomic E-state index is 0. The van der Waals surface area contributed by atoms with Gasteiger partial charge in [0.25, 0.3) is 28.7 Å². The molecule has 534 valence electrons. The van der Waals surface area contributed by atoms with E-state index in [1.165, 1.54) is 26.2 Å². The largest absolute Gasteiger partial charge is 1.00 e. The fourth-order valence-electron chi connectivity index (χ4n) is 10.2. The molecule has 13 rings (SSSR count). The number of carbonyl (C=O) groups excluding carboxylic acids is 3. The molecule has 107 heavy (non-hydrogen) atoms. The van der Waals surface area contributed by atoms with Crippen LogP contribution in [0.5, 0.6) is 0 Å². The molecule has 4 aromatic heterocycles. The molecule has 0 atom stereocenters. The number of H-pyrrole nitrogens is 1. The molecule has 0 saturated heterocycles. The first-order chi connectivity index (χ1) is 50.8. The Hall–Kier alpha value is -10.5. The second-order valence-electron chi connectivity index (χ2n) is 25.6. The quantitative estimate of drug-likeness (QED) is 0.0378. The van der Waals surface area contributed by atoms with Crippen LogP contribution in [0.2, 0.25) is 0 Å². The molecule has 0 aliphatic carbocycles. The zero-order chi connectivity index (χ0) is 75.9. The number of carbonyl (C=O) groups is 4. The Balaban J connectivity index is 0.000000183. The number of benzene rings is 9. The van der Waals surface area contributed by atoms with Crippen LogP contribution in [0.1, 0.15) is 112 Å². The van der Waals surface area contributed by atoms with Gasteiger partial charge in [0.2, 0.25) is 0 Å². The van der Waals surface area contributed by atoms with Crippen LogP contribution in [0.15, 0.2) is 259 Å². The molecular weight excluding hydrogens is 1610 g/mol. The van der Waals surface area contributed by atoms with Crippen molar-refractivity contribution in [3.8, 4) is 23.7 Å². The summed E-state index contributed by atoms with van der Waals surface area (Å²) in [6.07, 6.45) is 7.95. The third kappa shape index (κ3) is 24.8. The van der Waals surface area contributed by atoms with Crippen molar-refractivity contribution < 1.29 is 113 Å². The number of carboxylic acid groups (broad SMARTS) is 1.